The first-order chi connectivity index (χ1) is 28.4. The molecule has 288 valence electrons. The molecule has 10 rings (SSSR count). The van der Waals surface area contributed by atoms with Gasteiger partial charge >= 0.3 is 11.3 Å². The number of aromatic amines is 2. The Hall–Kier alpha value is -7.52. The summed E-state index contributed by atoms with van der Waals surface area (Å²) in [4.78, 5) is 56.7. The van der Waals surface area contributed by atoms with Crippen LogP contribution < -0.4 is 27.2 Å². The first kappa shape index (κ1) is 36.1. The van der Waals surface area contributed by atoms with Gasteiger partial charge in [-0.05, 0) is 55.5 Å². The van der Waals surface area contributed by atoms with Crippen LogP contribution in [-0.4, -0.2) is 53.0 Å². The Labute approximate surface area is 329 Å². The summed E-state index contributed by atoms with van der Waals surface area (Å²) in [5.41, 5.74) is 5.89. The van der Waals surface area contributed by atoms with Crippen molar-refractivity contribution in [3.05, 3.63) is 148 Å². The molecular formula is C43H37N11O4. The summed E-state index contributed by atoms with van der Waals surface area (Å²) in [6, 6.07) is 24.4. The molecule has 7 heterocycles. The Morgan fingerprint density at radius 3 is 1.64 bits per heavy atom. The van der Waals surface area contributed by atoms with E-state index in [-0.39, 0.29) is 23.3 Å². The van der Waals surface area contributed by atoms with Gasteiger partial charge in [0.25, 0.3) is 0 Å². The van der Waals surface area contributed by atoms with Gasteiger partial charge in [-0.1, -0.05) is 72.8 Å². The van der Waals surface area contributed by atoms with Gasteiger partial charge in [0.2, 0.25) is 0 Å². The molecule has 0 aliphatic carbocycles. The van der Waals surface area contributed by atoms with Crippen LogP contribution in [0, 0.1) is 0 Å². The zero-order valence-electron chi connectivity index (χ0n) is 31.5. The maximum absolute atomic E-state index is 12.7. The Morgan fingerprint density at radius 1 is 0.603 bits per heavy atom. The third kappa shape index (κ3) is 6.83. The van der Waals surface area contributed by atoms with E-state index in [1.165, 1.54) is 18.2 Å². The molecule has 0 radical (unpaired) electrons. The lowest BCUT2D eigenvalue weighted by atomic mass is 9.92. The normalized spacial score (nSPS) is 13.9. The van der Waals surface area contributed by atoms with Gasteiger partial charge < -0.3 is 34.8 Å². The van der Waals surface area contributed by atoms with E-state index in [4.69, 9.17) is 8.83 Å². The van der Waals surface area contributed by atoms with Crippen molar-refractivity contribution in [1.82, 2.24) is 45.2 Å². The highest BCUT2D eigenvalue weighted by molar-refractivity contribution is 5.97. The molecule has 2 unspecified atom stereocenters. The topological polar surface area (TPSA) is 205 Å². The number of hydrogen-bond acceptors (Lipinski definition) is 13. The van der Waals surface area contributed by atoms with Crippen LogP contribution in [0.15, 0.2) is 129 Å². The second kappa shape index (κ2) is 15.5. The molecule has 0 saturated heterocycles. The van der Waals surface area contributed by atoms with Crippen molar-refractivity contribution in [3.63, 3.8) is 0 Å². The average Bonchev–Trinajstić information content (AvgIpc) is 3.96. The molecule has 0 amide bonds. The lowest BCUT2D eigenvalue weighted by molar-refractivity contribution is 0.448. The van der Waals surface area contributed by atoms with Gasteiger partial charge in [-0.15, -0.1) is 0 Å². The molecule has 0 spiro atoms. The van der Waals surface area contributed by atoms with E-state index in [1.54, 1.807) is 18.7 Å². The van der Waals surface area contributed by atoms with Crippen molar-refractivity contribution in [2.24, 2.45) is 0 Å². The lowest BCUT2D eigenvalue weighted by Gasteiger charge is -2.22. The molecule has 6 aromatic heterocycles. The highest BCUT2D eigenvalue weighted by atomic mass is 16.4. The van der Waals surface area contributed by atoms with Crippen molar-refractivity contribution in [2.45, 2.75) is 32.4 Å². The third-order valence-electron chi connectivity index (χ3n) is 10.1. The number of anilines is 2. The number of nitrogens with zero attached hydrogens (tertiary/aromatic N) is 6. The monoisotopic (exact) mass is 771 g/mol. The Balaban J connectivity index is 0.000000150. The molecule has 15 heteroatoms. The molecule has 0 saturated carbocycles. The van der Waals surface area contributed by atoms with Crippen LogP contribution in [-0.2, 0) is 0 Å². The number of fused-ring (bicyclic) bond motifs is 4. The third-order valence-corrected chi connectivity index (χ3v) is 10.1. The van der Waals surface area contributed by atoms with E-state index in [9.17, 15) is 9.59 Å². The van der Waals surface area contributed by atoms with Crippen molar-refractivity contribution < 1.29 is 8.83 Å². The van der Waals surface area contributed by atoms with Crippen molar-refractivity contribution >= 4 is 61.1 Å². The SMILES string of the molecule is CC(Nc1ncnc2nc[nH]c12)c1oc(=O)c2ccccc2c1-c1ccccc1.CC(Nc1ncnc2nc[nH]c12)c1oc(=O)c2ccccc2c1C1=CCNCC1. The van der Waals surface area contributed by atoms with Gasteiger partial charge in [0.05, 0.1) is 35.5 Å². The van der Waals surface area contributed by atoms with E-state index in [1.807, 2.05) is 86.6 Å². The number of aromatic nitrogens is 8. The van der Waals surface area contributed by atoms with Crippen LogP contribution in [0.1, 0.15) is 49.4 Å². The van der Waals surface area contributed by atoms with Crippen molar-refractivity contribution in [2.75, 3.05) is 23.7 Å². The quantitative estimate of drug-likeness (QED) is 0.103. The highest BCUT2D eigenvalue weighted by Crippen LogP contribution is 2.36. The fourth-order valence-corrected chi connectivity index (χ4v) is 7.42. The maximum Gasteiger partial charge on any atom is 0.343 e. The molecule has 15 nitrogen and oxygen atoms in total. The number of nitrogens with one attached hydrogen (secondary N) is 5. The largest absolute Gasteiger partial charge is 0.425 e. The smallest absolute Gasteiger partial charge is 0.343 e. The second-order valence-corrected chi connectivity index (χ2v) is 13.8. The molecule has 3 aromatic carbocycles. The van der Waals surface area contributed by atoms with Crippen molar-refractivity contribution in [1.29, 1.82) is 0 Å². The van der Waals surface area contributed by atoms with Crippen LogP contribution in [0.4, 0.5) is 11.6 Å². The molecule has 58 heavy (non-hydrogen) atoms. The summed E-state index contributed by atoms with van der Waals surface area (Å²) in [6.45, 7) is 5.58. The summed E-state index contributed by atoms with van der Waals surface area (Å²) in [5.74, 6) is 2.36. The summed E-state index contributed by atoms with van der Waals surface area (Å²) < 4.78 is 11.7. The molecular weight excluding hydrogens is 735 g/mol. The van der Waals surface area contributed by atoms with Crippen molar-refractivity contribution in [3.8, 4) is 11.1 Å². The van der Waals surface area contributed by atoms with E-state index >= 15 is 0 Å². The molecule has 0 fully saturated rings. The standard InChI is InChI=1S/C22H17N5O2.C21H20N6O2/c1-13(27-21-18-20(24-11-23-18)25-12-26-21)19-17(14-7-3-2-4-8-14)15-9-5-6-10-16(15)22(28)29-19;1-12(27-20-17-19(24-10-23-17)25-11-26-20)18-16(13-6-8-22-9-7-13)14-4-2-3-5-15(14)21(28)29-18/h2-13H,1H3,(H2,23,24,25,26,27);2-6,10-12,22H,7-9H2,1H3,(H2,23,24,25,26,27). The predicted molar refractivity (Wildman–Crippen MR) is 223 cm³/mol. The molecule has 0 bridgehead atoms. The number of H-pyrrole nitrogens is 2. The van der Waals surface area contributed by atoms with Gasteiger partial charge in [-0.2, -0.15) is 0 Å². The summed E-state index contributed by atoms with van der Waals surface area (Å²) >= 11 is 0. The lowest BCUT2D eigenvalue weighted by Crippen LogP contribution is -2.22. The first-order valence-electron chi connectivity index (χ1n) is 18.8. The zero-order chi connectivity index (χ0) is 39.6. The number of rotatable bonds is 8. The average molecular weight is 772 g/mol. The minimum Gasteiger partial charge on any atom is -0.425 e. The van der Waals surface area contributed by atoms with Gasteiger partial charge in [-0.25, -0.2) is 39.5 Å². The van der Waals surface area contributed by atoms with Gasteiger partial charge in [0, 0.05) is 23.1 Å². The van der Waals surface area contributed by atoms with Crippen LogP contribution in [0.25, 0.3) is 60.6 Å². The van der Waals surface area contributed by atoms with Crippen LogP contribution in [0.5, 0.6) is 0 Å². The molecule has 1 aliphatic heterocycles. The Kier molecular flexibility index (Phi) is 9.69. The van der Waals surface area contributed by atoms with E-state index in [2.05, 4.69) is 61.9 Å². The molecule has 5 N–H and O–H groups in total. The minimum absolute atomic E-state index is 0.292. The predicted octanol–water partition coefficient (Wildman–Crippen LogP) is 7.31. The Morgan fingerprint density at radius 2 is 1.10 bits per heavy atom. The van der Waals surface area contributed by atoms with E-state index in [0.29, 0.717) is 56.3 Å². The van der Waals surface area contributed by atoms with Crippen LogP contribution >= 0.6 is 0 Å². The molecule has 9 aromatic rings. The summed E-state index contributed by atoms with van der Waals surface area (Å²) in [5, 5.41) is 12.9. The highest BCUT2D eigenvalue weighted by Gasteiger charge is 2.24. The number of hydrogen-bond donors (Lipinski definition) is 5. The van der Waals surface area contributed by atoms with E-state index < -0.39 is 0 Å². The summed E-state index contributed by atoms with van der Waals surface area (Å²) in [7, 11) is 0. The molecule has 1 aliphatic rings. The maximum atomic E-state index is 12.7. The Bertz CT molecular complexity index is 3080. The van der Waals surface area contributed by atoms with Crippen LogP contribution in [0.3, 0.4) is 0 Å². The fourth-order valence-electron chi connectivity index (χ4n) is 7.42. The zero-order valence-corrected chi connectivity index (χ0v) is 31.5. The number of imidazole rings is 2. The minimum atomic E-state index is -0.363. The van der Waals surface area contributed by atoms with Gasteiger partial charge in [0.15, 0.2) is 22.9 Å². The molecule has 2 atom stereocenters. The van der Waals surface area contributed by atoms with E-state index in [0.717, 1.165) is 47.0 Å². The van der Waals surface area contributed by atoms with Gasteiger partial charge in [0.1, 0.15) is 35.2 Å². The number of benzene rings is 3. The first-order valence-corrected chi connectivity index (χ1v) is 18.8. The fraction of sp³-hybridized carbons (Fsp3) is 0.163. The second-order valence-electron chi connectivity index (χ2n) is 13.8. The van der Waals surface area contributed by atoms with Gasteiger partial charge in [-0.3, -0.25) is 0 Å². The van der Waals surface area contributed by atoms with Crippen LogP contribution in [0.2, 0.25) is 0 Å². The summed E-state index contributed by atoms with van der Waals surface area (Å²) in [6.07, 6.45) is 9.10.